The first-order chi connectivity index (χ1) is 7.20. The highest BCUT2D eigenvalue weighted by Gasteiger charge is 2.46. The van der Waals surface area contributed by atoms with Crippen LogP contribution in [-0.4, -0.2) is 46.3 Å². The van der Waals surface area contributed by atoms with Gasteiger partial charge in [0.05, 0.1) is 32.3 Å². The molecule has 10 heteroatoms. The zero-order valence-corrected chi connectivity index (χ0v) is 13.0. The Morgan fingerprint density at radius 3 is 0.875 bits per heavy atom. The highest BCUT2D eigenvalue weighted by Crippen LogP contribution is 2.39. The van der Waals surface area contributed by atoms with E-state index in [0.29, 0.717) is 0 Å². The minimum Gasteiger partial charge on any atom is -0.517 e. The summed E-state index contributed by atoms with van der Waals surface area (Å²) in [5.41, 5.74) is 0. The molecule has 0 amide bonds. The first-order valence-corrected chi connectivity index (χ1v) is 7.78. The van der Waals surface area contributed by atoms with E-state index in [2.05, 4.69) is 0 Å². The van der Waals surface area contributed by atoms with Gasteiger partial charge in [0.1, 0.15) is 0 Å². The molecule has 1 N–H and O–H groups in total. The molecule has 1 saturated carbocycles. The summed E-state index contributed by atoms with van der Waals surface area (Å²) in [5, 5.41) is -2.62. The van der Waals surface area contributed by atoms with Crippen molar-refractivity contribution in [1.29, 1.82) is 0 Å². The summed E-state index contributed by atoms with van der Waals surface area (Å²) in [6, 6.07) is 0. The highest BCUT2D eigenvalue weighted by molar-refractivity contribution is 6.45. The molecule has 2 nitrogen and oxygen atoms in total. The van der Waals surface area contributed by atoms with Crippen LogP contribution in [0, 0.1) is 0 Å². The van der Waals surface area contributed by atoms with E-state index >= 15 is 0 Å². The summed E-state index contributed by atoms with van der Waals surface area (Å²) < 4.78 is 18.6. The predicted molar refractivity (Wildman–Crippen MR) is 67.6 cm³/mol. The van der Waals surface area contributed by atoms with Gasteiger partial charge in [0.25, 0.3) is 0 Å². The maximum atomic E-state index is 10.1. The maximum Gasteiger partial charge on any atom is 0.734 e. The van der Waals surface area contributed by atoms with Crippen LogP contribution < -0.4 is 0 Å². The first-order valence-electron chi connectivity index (χ1n) is 3.93. The fraction of sp³-hybridized carbons (Fsp3) is 1.00. The van der Waals surface area contributed by atoms with Crippen molar-refractivity contribution in [2.45, 2.75) is 32.3 Å². The van der Waals surface area contributed by atoms with Gasteiger partial charge in [-0.2, -0.15) is 4.11 Å². The van der Waals surface area contributed by atoms with Crippen molar-refractivity contribution >= 4 is 78.9 Å². The molecule has 0 aromatic heterocycles. The van der Waals surface area contributed by atoms with Crippen LogP contribution in [0.4, 0.5) is 4.11 Å². The van der Waals surface area contributed by atoms with Gasteiger partial charge in [-0.25, -0.2) is 0 Å². The van der Waals surface area contributed by atoms with E-state index < -0.39 is 41.5 Å². The van der Waals surface area contributed by atoms with E-state index in [-0.39, 0.29) is 0 Å². The molecular weight excluding hydrogens is 364 g/mol. The van der Waals surface area contributed by atoms with E-state index in [1.165, 1.54) is 0 Å². The molecule has 96 valence electrons. The van der Waals surface area contributed by atoms with Crippen molar-refractivity contribution in [2.75, 3.05) is 0 Å². The quantitative estimate of drug-likeness (QED) is 0.404. The van der Waals surface area contributed by atoms with E-state index in [0.717, 1.165) is 0 Å². The van der Waals surface area contributed by atoms with Crippen LogP contribution >= 0.6 is 69.6 Å². The smallest absolute Gasteiger partial charge is 0.517 e. The first kappa shape index (κ1) is 17.5. The number of rotatable bonds is 0. The summed E-state index contributed by atoms with van der Waals surface area (Å²) in [5.74, 6) is 0. The van der Waals surface area contributed by atoms with E-state index in [4.69, 9.17) is 78.9 Å². The van der Waals surface area contributed by atoms with Gasteiger partial charge < -0.3 is 4.80 Å². The average molecular weight is 371 g/mol. The van der Waals surface area contributed by atoms with Gasteiger partial charge in [-0.3, -0.25) is 4.46 Å². The molecular formula is C6H7Cl6FO2Si. The third kappa shape index (κ3) is 5.00. The summed E-state index contributed by atoms with van der Waals surface area (Å²) in [6.07, 6.45) is 0. The second-order valence-electron chi connectivity index (χ2n) is 2.92. The lowest BCUT2D eigenvalue weighted by Crippen LogP contribution is -2.52. The number of hydrogen-bond acceptors (Lipinski definition) is 1. The van der Waals surface area contributed by atoms with E-state index in [9.17, 15) is 4.11 Å². The second kappa shape index (κ2) is 7.82. The van der Waals surface area contributed by atoms with Gasteiger partial charge in [-0.1, -0.05) is 0 Å². The van der Waals surface area contributed by atoms with Gasteiger partial charge in [0.2, 0.25) is 0 Å². The summed E-state index contributed by atoms with van der Waals surface area (Å²) >= 11 is 35.3. The van der Waals surface area contributed by atoms with E-state index in [1.54, 1.807) is 0 Å². The fourth-order valence-electron chi connectivity index (χ4n) is 1.05. The molecule has 0 heterocycles. The fourth-order valence-corrected chi connectivity index (χ4v) is 3.38. The molecule has 1 fully saturated rings. The van der Waals surface area contributed by atoms with Gasteiger partial charge in [0.15, 0.2) is 0 Å². The highest BCUT2D eigenvalue weighted by atomic mass is 35.5. The van der Waals surface area contributed by atoms with Crippen molar-refractivity contribution in [1.82, 2.24) is 0 Å². The lowest BCUT2D eigenvalue weighted by molar-refractivity contribution is 0.390. The third-order valence-electron chi connectivity index (χ3n) is 1.83. The Hall–Kier alpha value is 1.49. The molecule has 1 rings (SSSR count). The SMILES string of the molecule is ClC1C(Cl)C(Cl)C(Cl)C(Cl)C1Cl.O=[Si](O)F. The normalized spacial score (nSPS) is 43.2. The third-order valence-corrected chi connectivity index (χ3v) is 5.86. The standard InChI is InChI=1S/C6H6Cl6.FHO2Si/c7-1-2(8)4(10)6(12)5(11)3(1)9;1-4(2)3/h1-6H;2H. The molecule has 0 radical (unpaired) electrons. The second-order valence-corrected chi connectivity index (χ2v) is 6.45. The Morgan fingerprint density at radius 1 is 0.750 bits per heavy atom. The van der Waals surface area contributed by atoms with Gasteiger partial charge in [-0.15, -0.1) is 69.6 Å². The monoisotopic (exact) mass is 368 g/mol. The minimum atomic E-state index is -3.63. The Balaban J connectivity index is 0.000000487. The van der Waals surface area contributed by atoms with Crippen molar-refractivity contribution in [3.8, 4) is 0 Å². The molecule has 0 aromatic carbocycles. The van der Waals surface area contributed by atoms with Gasteiger partial charge in [-0.05, 0) is 0 Å². The van der Waals surface area contributed by atoms with Crippen LogP contribution in [0.2, 0.25) is 0 Å². The maximum absolute atomic E-state index is 10.1. The Morgan fingerprint density at radius 2 is 0.812 bits per heavy atom. The van der Waals surface area contributed by atoms with Crippen molar-refractivity contribution in [3.63, 3.8) is 0 Å². The van der Waals surface area contributed by atoms with Gasteiger partial charge in [0, 0.05) is 0 Å². The number of alkyl halides is 6. The molecule has 0 atom stereocenters. The Bertz CT molecular complexity index is 185. The van der Waals surface area contributed by atoms with Crippen LogP contribution in [0.5, 0.6) is 0 Å². The largest absolute Gasteiger partial charge is 0.734 e. The molecule has 0 unspecified atom stereocenters. The zero-order valence-electron chi connectivity index (χ0n) is 7.47. The minimum absolute atomic E-state index is 0.437. The zero-order chi connectivity index (χ0) is 13.0. The lowest BCUT2D eigenvalue weighted by atomic mass is 9.97. The molecule has 0 bridgehead atoms. The molecule has 1 aliphatic carbocycles. The summed E-state index contributed by atoms with van der Waals surface area (Å²) in [4.78, 5) is 6.94. The molecule has 0 saturated heterocycles. The van der Waals surface area contributed by atoms with E-state index in [1.807, 2.05) is 0 Å². The van der Waals surface area contributed by atoms with Crippen molar-refractivity contribution in [3.05, 3.63) is 0 Å². The predicted octanol–water partition coefficient (Wildman–Crippen LogP) is 3.01. The number of halogens is 7. The van der Waals surface area contributed by atoms with Crippen LogP contribution in [0.15, 0.2) is 0 Å². The van der Waals surface area contributed by atoms with Crippen LogP contribution in [0.3, 0.4) is 0 Å². The summed E-state index contributed by atoms with van der Waals surface area (Å²) in [6.45, 7) is 0. The lowest BCUT2D eigenvalue weighted by Gasteiger charge is -2.37. The molecule has 0 spiro atoms. The molecule has 16 heavy (non-hydrogen) atoms. The van der Waals surface area contributed by atoms with Crippen molar-refractivity contribution < 1.29 is 13.4 Å². The Labute approximate surface area is 124 Å². The van der Waals surface area contributed by atoms with Crippen LogP contribution in [0.25, 0.3) is 0 Å². The average Bonchev–Trinajstić information content (AvgIpc) is 2.20. The van der Waals surface area contributed by atoms with Crippen molar-refractivity contribution in [2.24, 2.45) is 0 Å². The van der Waals surface area contributed by atoms with Crippen LogP contribution in [0.1, 0.15) is 0 Å². The molecule has 0 aliphatic heterocycles. The van der Waals surface area contributed by atoms with Crippen LogP contribution in [-0.2, 0) is 4.46 Å². The number of hydrogen-bond donors (Lipinski definition) is 1. The van der Waals surface area contributed by atoms with Gasteiger partial charge >= 0.3 is 9.26 Å². The summed E-state index contributed by atoms with van der Waals surface area (Å²) in [7, 11) is -3.63. The molecule has 0 aromatic rings. The topological polar surface area (TPSA) is 37.3 Å². The molecule has 1 aliphatic rings. The Kier molecular flexibility index (Phi) is 8.55.